The number of para-hydroxylation sites is 1. The number of carbonyl (C=O) groups excluding carboxylic acids is 2. The normalized spacial score (nSPS) is 13.2. The van der Waals surface area contributed by atoms with Gasteiger partial charge < -0.3 is 9.64 Å². The smallest absolute Gasteiger partial charge is 0.308 e. The van der Waals surface area contributed by atoms with Crippen molar-refractivity contribution in [3.05, 3.63) is 76.3 Å². The van der Waals surface area contributed by atoms with Gasteiger partial charge in [0.05, 0.1) is 23.7 Å². The Hall–Kier alpha value is -3.48. The SMILES string of the molecule is O=C(CCn1cnc2ccccc2c1=O)OCC(=O)N1CCc2ccccc2C1. The summed E-state index contributed by atoms with van der Waals surface area (Å²) in [5, 5.41) is 0.504. The van der Waals surface area contributed by atoms with Crippen LogP contribution in [0.5, 0.6) is 0 Å². The maximum absolute atomic E-state index is 12.4. The van der Waals surface area contributed by atoms with Crippen LogP contribution in [-0.4, -0.2) is 39.5 Å². The van der Waals surface area contributed by atoms with Crippen molar-refractivity contribution in [3.8, 4) is 0 Å². The lowest BCUT2D eigenvalue weighted by Crippen LogP contribution is -2.38. The highest BCUT2D eigenvalue weighted by Gasteiger charge is 2.21. The van der Waals surface area contributed by atoms with E-state index in [2.05, 4.69) is 11.1 Å². The zero-order valence-corrected chi connectivity index (χ0v) is 15.9. The van der Waals surface area contributed by atoms with Crippen LogP contribution >= 0.6 is 0 Å². The van der Waals surface area contributed by atoms with Crippen molar-refractivity contribution in [1.82, 2.24) is 14.5 Å². The molecule has 0 aliphatic carbocycles. The minimum atomic E-state index is -0.518. The fraction of sp³-hybridized carbons (Fsp3) is 0.273. The molecule has 0 radical (unpaired) electrons. The van der Waals surface area contributed by atoms with E-state index in [1.165, 1.54) is 16.5 Å². The molecule has 7 heteroatoms. The first-order chi connectivity index (χ1) is 14.1. The number of amides is 1. The molecule has 0 N–H and O–H groups in total. The molecule has 0 saturated heterocycles. The number of aromatic nitrogens is 2. The van der Waals surface area contributed by atoms with Crippen molar-refractivity contribution >= 4 is 22.8 Å². The summed E-state index contributed by atoms with van der Waals surface area (Å²) >= 11 is 0. The van der Waals surface area contributed by atoms with Crippen LogP contribution in [0.1, 0.15) is 17.5 Å². The van der Waals surface area contributed by atoms with E-state index in [1.807, 2.05) is 24.3 Å². The van der Waals surface area contributed by atoms with Gasteiger partial charge in [0.25, 0.3) is 11.5 Å². The first-order valence-electron chi connectivity index (χ1n) is 9.56. The first kappa shape index (κ1) is 18.9. The van der Waals surface area contributed by atoms with Crippen LogP contribution in [0.15, 0.2) is 59.7 Å². The van der Waals surface area contributed by atoms with E-state index >= 15 is 0 Å². The predicted octanol–water partition coefficient (Wildman–Crippen LogP) is 1.91. The van der Waals surface area contributed by atoms with Gasteiger partial charge in [-0.3, -0.25) is 19.0 Å². The van der Waals surface area contributed by atoms with Gasteiger partial charge in [-0.15, -0.1) is 0 Å². The second-order valence-electron chi connectivity index (χ2n) is 7.00. The number of fused-ring (bicyclic) bond motifs is 2. The van der Waals surface area contributed by atoms with Crippen molar-refractivity contribution in [2.75, 3.05) is 13.2 Å². The Morgan fingerprint density at radius 3 is 2.66 bits per heavy atom. The Balaban J connectivity index is 1.29. The van der Waals surface area contributed by atoms with E-state index in [1.54, 1.807) is 23.1 Å². The van der Waals surface area contributed by atoms with Crippen LogP contribution in [0.4, 0.5) is 0 Å². The summed E-state index contributed by atoms with van der Waals surface area (Å²) in [4.78, 5) is 42.8. The summed E-state index contributed by atoms with van der Waals surface area (Å²) in [5.74, 6) is -0.729. The minimum Gasteiger partial charge on any atom is -0.456 e. The fourth-order valence-electron chi connectivity index (χ4n) is 3.49. The Morgan fingerprint density at radius 2 is 1.79 bits per heavy atom. The van der Waals surface area contributed by atoms with Crippen molar-refractivity contribution < 1.29 is 14.3 Å². The highest BCUT2D eigenvalue weighted by Crippen LogP contribution is 2.18. The standard InChI is InChI=1S/C22H21N3O4/c26-20(24-11-9-16-5-1-2-6-17(16)13-24)14-29-21(27)10-12-25-15-23-19-8-4-3-7-18(19)22(25)28/h1-8,15H,9-14H2. The maximum Gasteiger partial charge on any atom is 0.308 e. The van der Waals surface area contributed by atoms with Gasteiger partial charge in [0.1, 0.15) is 0 Å². The molecule has 4 rings (SSSR count). The molecule has 0 spiro atoms. The van der Waals surface area contributed by atoms with Gasteiger partial charge in [0.2, 0.25) is 0 Å². The molecule has 2 heterocycles. The van der Waals surface area contributed by atoms with E-state index in [9.17, 15) is 14.4 Å². The summed E-state index contributed by atoms with van der Waals surface area (Å²) in [6.07, 6.45) is 2.22. The zero-order valence-electron chi connectivity index (χ0n) is 15.9. The van der Waals surface area contributed by atoms with Gasteiger partial charge in [-0.25, -0.2) is 4.98 Å². The molecule has 1 aliphatic heterocycles. The van der Waals surface area contributed by atoms with E-state index in [0.717, 1.165) is 12.0 Å². The van der Waals surface area contributed by atoms with Crippen molar-refractivity contribution in [2.24, 2.45) is 0 Å². The quantitative estimate of drug-likeness (QED) is 0.621. The van der Waals surface area contributed by atoms with E-state index < -0.39 is 5.97 Å². The number of nitrogens with zero attached hydrogens (tertiary/aromatic N) is 3. The number of esters is 1. The summed E-state index contributed by atoms with van der Waals surface area (Å²) in [6, 6.07) is 15.1. The second-order valence-corrected chi connectivity index (χ2v) is 7.00. The lowest BCUT2D eigenvalue weighted by Gasteiger charge is -2.28. The molecule has 0 fully saturated rings. The van der Waals surface area contributed by atoms with Crippen LogP contribution in [-0.2, 0) is 33.8 Å². The largest absolute Gasteiger partial charge is 0.456 e. The molecule has 0 saturated carbocycles. The van der Waals surface area contributed by atoms with E-state index in [4.69, 9.17) is 4.74 Å². The van der Waals surface area contributed by atoms with Crippen molar-refractivity contribution in [1.29, 1.82) is 0 Å². The average molecular weight is 391 g/mol. The molecule has 0 bridgehead atoms. The Morgan fingerprint density at radius 1 is 1.03 bits per heavy atom. The molecule has 2 aromatic carbocycles. The monoisotopic (exact) mass is 391 g/mol. The number of carbonyl (C=O) groups is 2. The van der Waals surface area contributed by atoms with Crippen LogP contribution in [0.2, 0.25) is 0 Å². The van der Waals surface area contributed by atoms with Crippen molar-refractivity contribution in [3.63, 3.8) is 0 Å². The molecule has 148 valence electrons. The van der Waals surface area contributed by atoms with Gasteiger partial charge >= 0.3 is 5.97 Å². The number of ether oxygens (including phenoxy) is 1. The van der Waals surface area contributed by atoms with E-state index in [0.29, 0.717) is 24.0 Å². The molecule has 1 aliphatic rings. The number of benzene rings is 2. The topological polar surface area (TPSA) is 81.5 Å². The van der Waals surface area contributed by atoms with Gasteiger partial charge in [-0.1, -0.05) is 36.4 Å². The highest BCUT2D eigenvalue weighted by atomic mass is 16.5. The third kappa shape index (κ3) is 4.18. The third-order valence-electron chi connectivity index (χ3n) is 5.13. The maximum atomic E-state index is 12.4. The van der Waals surface area contributed by atoms with Crippen LogP contribution in [0.3, 0.4) is 0 Å². The Labute approximate surface area is 167 Å². The number of hydrogen-bond acceptors (Lipinski definition) is 5. The average Bonchev–Trinajstić information content (AvgIpc) is 2.77. The Bertz CT molecular complexity index is 1120. The third-order valence-corrected chi connectivity index (χ3v) is 5.13. The fourth-order valence-corrected chi connectivity index (χ4v) is 3.49. The van der Waals surface area contributed by atoms with Gasteiger partial charge in [0.15, 0.2) is 6.61 Å². The van der Waals surface area contributed by atoms with Gasteiger partial charge in [0, 0.05) is 19.6 Å². The molecular formula is C22H21N3O4. The summed E-state index contributed by atoms with van der Waals surface area (Å²) in [5.41, 5.74) is 2.79. The number of hydrogen-bond donors (Lipinski definition) is 0. The van der Waals surface area contributed by atoms with Crippen LogP contribution in [0, 0.1) is 0 Å². The first-order valence-corrected chi connectivity index (χ1v) is 9.56. The number of rotatable bonds is 5. The van der Waals surface area contributed by atoms with Crippen LogP contribution < -0.4 is 5.56 Å². The van der Waals surface area contributed by atoms with Crippen molar-refractivity contribution in [2.45, 2.75) is 25.9 Å². The summed E-state index contributed by atoms with van der Waals surface area (Å²) in [6.45, 7) is 1.02. The zero-order chi connectivity index (χ0) is 20.2. The van der Waals surface area contributed by atoms with Gasteiger partial charge in [-0.05, 0) is 29.7 Å². The molecular weight excluding hydrogens is 370 g/mol. The molecule has 0 atom stereocenters. The minimum absolute atomic E-state index is 0.00393. The lowest BCUT2D eigenvalue weighted by atomic mass is 10.00. The molecule has 0 unspecified atom stereocenters. The summed E-state index contributed by atoms with van der Waals surface area (Å²) < 4.78 is 6.51. The molecule has 3 aromatic rings. The summed E-state index contributed by atoms with van der Waals surface area (Å²) in [7, 11) is 0. The van der Waals surface area contributed by atoms with E-state index in [-0.39, 0.29) is 31.0 Å². The second kappa shape index (κ2) is 8.26. The lowest BCUT2D eigenvalue weighted by molar-refractivity contribution is -0.152. The Kier molecular flexibility index (Phi) is 5.37. The molecule has 29 heavy (non-hydrogen) atoms. The number of aryl methyl sites for hydroxylation is 1. The van der Waals surface area contributed by atoms with Crippen LogP contribution in [0.25, 0.3) is 10.9 Å². The molecule has 1 aromatic heterocycles. The predicted molar refractivity (Wildman–Crippen MR) is 107 cm³/mol. The molecule has 1 amide bonds. The molecule has 7 nitrogen and oxygen atoms in total. The highest BCUT2D eigenvalue weighted by molar-refractivity contribution is 5.81. The van der Waals surface area contributed by atoms with Gasteiger partial charge in [-0.2, -0.15) is 0 Å².